The molecule has 0 fully saturated rings. The molecular formula is C11H16N2O3. The molecule has 0 aliphatic carbocycles. The zero-order valence-corrected chi connectivity index (χ0v) is 9.90. The van der Waals surface area contributed by atoms with Crippen LogP contribution in [0, 0.1) is 0 Å². The molecule has 0 aromatic heterocycles. The predicted octanol–water partition coefficient (Wildman–Crippen LogP) is 1.51. The second-order valence-electron chi connectivity index (χ2n) is 3.15. The van der Waals surface area contributed by atoms with E-state index in [0.717, 1.165) is 11.4 Å². The molecule has 0 saturated heterocycles. The second-order valence-corrected chi connectivity index (χ2v) is 3.15. The minimum absolute atomic E-state index is 0.358. The number of carbonyl (C=O) groups is 1. The Bertz CT molecular complexity index is 379. The Morgan fingerprint density at radius 1 is 1.38 bits per heavy atom. The first-order valence-corrected chi connectivity index (χ1v) is 4.82. The van der Waals surface area contributed by atoms with E-state index < -0.39 is 0 Å². The van der Waals surface area contributed by atoms with Crippen molar-refractivity contribution in [2.45, 2.75) is 0 Å². The minimum Gasteiger partial charge on any atom is -0.465 e. The van der Waals surface area contributed by atoms with Crippen LogP contribution >= 0.6 is 0 Å². The summed E-state index contributed by atoms with van der Waals surface area (Å²) >= 11 is 0. The van der Waals surface area contributed by atoms with E-state index in [1.54, 1.807) is 44.5 Å². The van der Waals surface area contributed by atoms with Gasteiger partial charge in [-0.15, -0.1) is 0 Å². The number of carbonyl (C=O) groups excluding carboxylic acids is 1. The molecule has 1 rings (SSSR count). The van der Waals surface area contributed by atoms with E-state index in [0.29, 0.717) is 5.56 Å². The van der Waals surface area contributed by atoms with Crippen molar-refractivity contribution in [2.75, 3.05) is 38.7 Å². The van der Waals surface area contributed by atoms with Gasteiger partial charge in [-0.2, -0.15) is 0 Å². The number of ether oxygens (including phenoxy) is 1. The standard InChI is InChI=1S/C11H16N2O3/c1-12-9-7-8(11(14)15-3)5-6-10(9)13(2)16-4/h5-7,12H,1-4H3. The van der Waals surface area contributed by atoms with Gasteiger partial charge in [0, 0.05) is 14.1 Å². The smallest absolute Gasteiger partial charge is 0.337 e. The molecule has 0 amide bonds. The fourth-order valence-corrected chi connectivity index (χ4v) is 1.35. The Balaban J connectivity index is 3.11. The van der Waals surface area contributed by atoms with E-state index in [1.165, 1.54) is 7.11 Å². The summed E-state index contributed by atoms with van der Waals surface area (Å²) in [6.07, 6.45) is 0. The van der Waals surface area contributed by atoms with Crippen molar-refractivity contribution >= 4 is 17.3 Å². The lowest BCUT2D eigenvalue weighted by molar-refractivity contribution is 0.0600. The first kappa shape index (κ1) is 12.3. The molecule has 0 radical (unpaired) electrons. The third kappa shape index (κ3) is 2.43. The Hall–Kier alpha value is -1.75. The van der Waals surface area contributed by atoms with Crippen molar-refractivity contribution < 1.29 is 14.4 Å². The molecule has 16 heavy (non-hydrogen) atoms. The molecule has 5 heteroatoms. The number of methoxy groups -OCH3 is 1. The number of hydrogen-bond donors (Lipinski definition) is 1. The van der Waals surface area contributed by atoms with Crippen molar-refractivity contribution in [2.24, 2.45) is 0 Å². The van der Waals surface area contributed by atoms with Gasteiger partial charge in [-0.05, 0) is 18.2 Å². The van der Waals surface area contributed by atoms with Gasteiger partial charge in [0.05, 0.1) is 31.2 Å². The van der Waals surface area contributed by atoms with Crippen LogP contribution in [0.25, 0.3) is 0 Å². The summed E-state index contributed by atoms with van der Waals surface area (Å²) < 4.78 is 4.65. The number of benzene rings is 1. The predicted molar refractivity (Wildman–Crippen MR) is 62.7 cm³/mol. The molecular weight excluding hydrogens is 208 g/mol. The Labute approximate surface area is 94.9 Å². The molecule has 0 atom stereocenters. The number of hydrogen-bond acceptors (Lipinski definition) is 5. The van der Waals surface area contributed by atoms with Gasteiger partial charge < -0.3 is 10.1 Å². The number of hydroxylamine groups is 1. The van der Waals surface area contributed by atoms with Crippen LogP contribution in [0.4, 0.5) is 11.4 Å². The van der Waals surface area contributed by atoms with Crippen molar-refractivity contribution in [3.05, 3.63) is 23.8 Å². The molecule has 5 nitrogen and oxygen atoms in total. The fraction of sp³-hybridized carbons (Fsp3) is 0.364. The lowest BCUT2D eigenvalue weighted by Gasteiger charge is -2.19. The van der Waals surface area contributed by atoms with Crippen LogP contribution in [-0.2, 0) is 9.57 Å². The Morgan fingerprint density at radius 3 is 2.56 bits per heavy atom. The number of esters is 1. The summed E-state index contributed by atoms with van der Waals surface area (Å²) in [4.78, 5) is 16.4. The molecule has 1 aromatic rings. The van der Waals surface area contributed by atoms with Gasteiger partial charge in [0.2, 0.25) is 0 Å². The number of anilines is 2. The summed E-state index contributed by atoms with van der Waals surface area (Å²) in [5.74, 6) is -0.358. The van der Waals surface area contributed by atoms with Gasteiger partial charge in [-0.25, -0.2) is 4.79 Å². The maximum absolute atomic E-state index is 11.3. The van der Waals surface area contributed by atoms with Gasteiger partial charge in [-0.1, -0.05) is 0 Å². The zero-order chi connectivity index (χ0) is 12.1. The van der Waals surface area contributed by atoms with E-state index in [1.807, 2.05) is 0 Å². The SMILES string of the molecule is CNc1cc(C(=O)OC)ccc1N(C)OC. The molecule has 0 aliphatic heterocycles. The Morgan fingerprint density at radius 2 is 2.06 bits per heavy atom. The molecule has 0 unspecified atom stereocenters. The highest BCUT2D eigenvalue weighted by atomic mass is 16.7. The van der Waals surface area contributed by atoms with Crippen molar-refractivity contribution in [1.29, 1.82) is 0 Å². The third-order valence-electron chi connectivity index (χ3n) is 2.30. The van der Waals surface area contributed by atoms with Crippen molar-refractivity contribution in [1.82, 2.24) is 0 Å². The highest BCUT2D eigenvalue weighted by molar-refractivity contribution is 5.92. The maximum atomic E-state index is 11.3. The normalized spacial score (nSPS) is 9.75. The average Bonchev–Trinajstić information content (AvgIpc) is 2.35. The van der Waals surface area contributed by atoms with E-state index in [2.05, 4.69) is 10.1 Å². The topological polar surface area (TPSA) is 50.8 Å². The molecule has 1 aromatic carbocycles. The number of nitrogens with one attached hydrogen (secondary N) is 1. The van der Waals surface area contributed by atoms with Gasteiger partial charge in [0.1, 0.15) is 0 Å². The molecule has 0 heterocycles. The quantitative estimate of drug-likeness (QED) is 0.620. The largest absolute Gasteiger partial charge is 0.465 e. The number of rotatable bonds is 4. The second kappa shape index (κ2) is 5.37. The van der Waals surface area contributed by atoms with Crippen LogP contribution in [0.5, 0.6) is 0 Å². The lowest BCUT2D eigenvalue weighted by Crippen LogP contribution is -2.16. The monoisotopic (exact) mass is 224 g/mol. The lowest BCUT2D eigenvalue weighted by atomic mass is 10.1. The summed E-state index contributed by atoms with van der Waals surface area (Å²) in [5.41, 5.74) is 2.14. The Kier molecular flexibility index (Phi) is 4.13. The molecule has 0 spiro atoms. The molecule has 1 N–H and O–H groups in total. The van der Waals surface area contributed by atoms with Crippen molar-refractivity contribution in [3.63, 3.8) is 0 Å². The molecule has 0 saturated carbocycles. The average molecular weight is 224 g/mol. The summed E-state index contributed by atoms with van der Waals surface area (Å²) in [6.45, 7) is 0. The first-order chi connectivity index (χ1) is 7.63. The summed E-state index contributed by atoms with van der Waals surface area (Å²) in [5, 5.41) is 4.60. The van der Waals surface area contributed by atoms with Crippen molar-refractivity contribution in [3.8, 4) is 0 Å². The fourth-order valence-electron chi connectivity index (χ4n) is 1.35. The van der Waals surface area contributed by atoms with E-state index in [9.17, 15) is 4.79 Å². The van der Waals surface area contributed by atoms with Gasteiger partial charge in [-0.3, -0.25) is 9.90 Å². The molecule has 0 bridgehead atoms. The molecule has 88 valence electrons. The minimum atomic E-state index is -0.358. The van der Waals surface area contributed by atoms with Crippen LogP contribution in [0.15, 0.2) is 18.2 Å². The van der Waals surface area contributed by atoms with Crippen LogP contribution in [0.2, 0.25) is 0 Å². The van der Waals surface area contributed by atoms with Gasteiger partial charge in [0.15, 0.2) is 0 Å². The highest BCUT2D eigenvalue weighted by Gasteiger charge is 2.11. The van der Waals surface area contributed by atoms with Crippen LogP contribution in [0.3, 0.4) is 0 Å². The van der Waals surface area contributed by atoms with Gasteiger partial charge in [0.25, 0.3) is 0 Å². The highest BCUT2D eigenvalue weighted by Crippen LogP contribution is 2.26. The summed E-state index contributed by atoms with van der Waals surface area (Å²) in [7, 11) is 6.50. The van der Waals surface area contributed by atoms with E-state index in [-0.39, 0.29) is 5.97 Å². The first-order valence-electron chi connectivity index (χ1n) is 4.82. The van der Waals surface area contributed by atoms with Crippen LogP contribution in [-0.4, -0.2) is 34.3 Å². The summed E-state index contributed by atoms with van der Waals surface area (Å²) in [6, 6.07) is 5.20. The van der Waals surface area contributed by atoms with Gasteiger partial charge >= 0.3 is 5.97 Å². The zero-order valence-electron chi connectivity index (χ0n) is 9.90. The number of nitrogens with zero attached hydrogens (tertiary/aromatic N) is 1. The molecule has 0 aliphatic rings. The van der Waals surface area contributed by atoms with Crippen LogP contribution in [0.1, 0.15) is 10.4 Å². The van der Waals surface area contributed by atoms with E-state index >= 15 is 0 Å². The van der Waals surface area contributed by atoms with E-state index in [4.69, 9.17) is 4.84 Å². The third-order valence-corrected chi connectivity index (χ3v) is 2.30. The van der Waals surface area contributed by atoms with Crippen LogP contribution < -0.4 is 10.4 Å². The maximum Gasteiger partial charge on any atom is 0.337 e.